The fourth-order valence-corrected chi connectivity index (χ4v) is 10.9. The van der Waals surface area contributed by atoms with Crippen LogP contribution < -0.4 is 5.73 Å². The van der Waals surface area contributed by atoms with E-state index in [2.05, 4.69) is 48.5 Å². The molecule has 40 heavy (non-hydrogen) atoms. The maximum atomic E-state index is 12.9. The molecule has 4 aliphatic carbocycles. The number of hydrogen-bond donors (Lipinski definition) is 3. The lowest BCUT2D eigenvalue weighted by atomic mass is 9.52. The van der Waals surface area contributed by atoms with E-state index in [1.54, 1.807) is 0 Å². The fraction of sp³-hybridized carbons (Fsp3) is 0.971. The summed E-state index contributed by atoms with van der Waals surface area (Å²) in [6.45, 7) is 18.0. The molecule has 6 nitrogen and oxygen atoms in total. The molecule has 5 fully saturated rings. The highest BCUT2D eigenvalue weighted by Gasteiger charge is 2.71. The summed E-state index contributed by atoms with van der Waals surface area (Å²) in [7, 11) is 0. The average molecular weight is 561 g/mol. The second-order valence-corrected chi connectivity index (χ2v) is 16.7. The van der Waals surface area contributed by atoms with E-state index in [4.69, 9.17) is 10.5 Å². The summed E-state index contributed by atoms with van der Waals surface area (Å²) < 4.78 is 6.81. The molecule has 230 valence electrons. The van der Waals surface area contributed by atoms with Gasteiger partial charge in [-0.3, -0.25) is 4.79 Å². The zero-order valence-electron chi connectivity index (χ0n) is 26.8. The Morgan fingerprint density at radius 1 is 1.05 bits per heavy atom. The topological polar surface area (TPSA) is 96.0 Å². The van der Waals surface area contributed by atoms with Gasteiger partial charge in [0.1, 0.15) is 0 Å². The third-order valence-corrected chi connectivity index (χ3v) is 13.3. The molecule has 1 aliphatic heterocycles. The predicted octanol–water partition coefficient (Wildman–Crippen LogP) is 5.67. The Balaban J connectivity index is 1.36. The van der Waals surface area contributed by atoms with Crippen LogP contribution in [0.5, 0.6) is 0 Å². The molecule has 1 amide bonds. The molecule has 6 heteroatoms. The van der Waals surface area contributed by atoms with Gasteiger partial charge in [0.15, 0.2) is 0 Å². The normalized spacial score (nSPS) is 45.6. The number of nitrogens with zero attached hydrogens (tertiary/aromatic N) is 1. The fourth-order valence-electron chi connectivity index (χ4n) is 10.9. The third-order valence-electron chi connectivity index (χ3n) is 13.3. The number of fused-ring (bicyclic) bond motifs is 3. The number of aliphatic hydroxyl groups excluding tert-OH is 2. The lowest BCUT2D eigenvalue weighted by Crippen LogP contribution is -2.65. The van der Waals surface area contributed by atoms with Crippen molar-refractivity contribution in [2.24, 2.45) is 45.7 Å². The zero-order chi connectivity index (χ0) is 29.5. The van der Waals surface area contributed by atoms with Gasteiger partial charge in [-0.05, 0) is 118 Å². The van der Waals surface area contributed by atoms with Crippen molar-refractivity contribution in [2.45, 2.75) is 162 Å². The van der Waals surface area contributed by atoms with E-state index < -0.39 is 11.6 Å². The van der Waals surface area contributed by atoms with Crippen LogP contribution in [-0.4, -0.2) is 63.1 Å². The van der Waals surface area contributed by atoms with Crippen molar-refractivity contribution < 1.29 is 19.7 Å². The molecular formula is C34H60N2O4. The van der Waals surface area contributed by atoms with Crippen molar-refractivity contribution in [3.8, 4) is 0 Å². The number of hydrogen-bond acceptors (Lipinski definition) is 5. The van der Waals surface area contributed by atoms with Gasteiger partial charge in [0.2, 0.25) is 5.91 Å². The summed E-state index contributed by atoms with van der Waals surface area (Å²) in [5.41, 5.74) is 6.76. The van der Waals surface area contributed by atoms with E-state index >= 15 is 0 Å². The first-order valence-electron chi connectivity index (χ1n) is 16.6. The van der Waals surface area contributed by atoms with E-state index in [1.165, 1.54) is 12.8 Å². The molecular weight excluding hydrogens is 500 g/mol. The number of aliphatic hydroxyl groups is 2. The molecule has 0 aromatic carbocycles. The van der Waals surface area contributed by atoms with Gasteiger partial charge >= 0.3 is 0 Å². The number of nitrogens with two attached hydrogens (primary N) is 1. The molecule has 0 radical (unpaired) electrons. The molecule has 1 spiro atoms. The van der Waals surface area contributed by atoms with Gasteiger partial charge < -0.3 is 25.6 Å². The Morgan fingerprint density at radius 2 is 1.73 bits per heavy atom. The molecule has 1 saturated heterocycles. The van der Waals surface area contributed by atoms with Crippen molar-refractivity contribution in [1.82, 2.24) is 4.90 Å². The van der Waals surface area contributed by atoms with Crippen LogP contribution in [0.4, 0.5) is 0 Å². The predicted molar refractivity (Wildman–Crippen MR) is 159 cm³/mol. The minimum Gasteiger partial charge on any atom is -0.393 e. The van der Waals surface area contributed by atoms with E-state index in [0.717, 1.165) is 51.4 Å². The van der Waals surface area contributed by atoms with Crippen LogP contribution in [0.15, 0.2) is 0 Å². The molecule has 4 unspecified atom stereocenters. The van der Waals surface area contributed by atoms with Gasteiger partial charge in [-0.2, -0.15) is 0 Å². The quantitative estimate of drug-likeness (QED) is 0.389. The van der Waals surface area contributed by atoms with Gasteiger partial charge in [0.05, 0.1) is 30.0 Å². The van der Waals surface area contributed by atoms with Gasteiger partial charge in [-0.25, -0.2) is 0 Å². The molecule has 5 aliphatic rings. The molecule has 0 bridgehead atoms. The van der Waals surface area contributed by atoms with Gasteiger partial charge in [0.25, 0.3) is 0 Å². The highest BCUT2D eigenvalue weighted by atomic mass is 16.5. The Kier molecular flexibility index (Phi) is 7.84. The highest BCUT2D eigenvalue weighted by molar-refractivity contribution is 5.76. The van der Waals surface area contributed by atoms with Crippen LogP contribution in [-0.2, 0) is 9.53 Å². The van der Waals surface area contributed by atoms with Crippen molar-refractivity contribution >= 4 is 5.91 Å². The maximum Gasteiger partial charge on any atom is 0.222 e. The monoisotopic (exact) mass is 560 g/mol. The van der Waals surface area contributed by atoms with Crippen molar-refractivity contribution in [3.63, 3.8) is 0 Å². The van der Waals surface area contributed by atoms with Gasteiger partial charge in [0, 0.05) is 18.5 Å². The molecule has 1 heterocycles. The molecule has 4 saturated carbocycles. The summed E-state index contributed by atoms with van der Waals surface area (Å²) >= 11 is 0. The van der Waals surface area contributed by atoms with Crippen LogP contribution in [0.1, 0.15) is 126 Å². The summed E-state index contributed by atoms with van der Waals surface area (Å²) in [6, 6.07) is 0. The Labute approximate surface area is 244 Å². The van der Waals surface area contributed by atoms with Crippen molar-refractivity contribution in [1.29, 1.82) is 0 Å². The Hall–Kier alpha value is -0.690. The van der Waals surface area contributed by atoms with E-state index in [9.17, 15) is 15.0 Å². The molecule has 5 rings (SSSR count). The number of ether oxygens (including phenoxy) is 1. The summed E-state index contributed by atoms with van der Waals surface area (Å²) in [5, 5.41) is 23.1. The van der Waals surface area contributed by atoms with Crippen LogP contribution in [0.25, 0.3) is 0 Å². The number of amides is 1. The second kappa shape index (κ2) is 10.2. The van der Waals surface area contributed by atoms with Crippen molar-refractivity contribution in [2.75, 3.05) is 6.54 Å². The Bertz CT molecular complexity index is 956. The zero-order valence-corrected chi connectivity index (χ0v) is 26.8. The van der Waals surface area contributed by atoms with E-state index in [0.29, 0.717) is 30.2 Å². The van der Waals surface area contributed by atoms with Crippen LogP contribution >= 0.6 is 0 Å². The summed E-state index contributed by atoms with van der Waals surface area (Å²) in [5.74, 6) is 1.51. The third kappa shape index (κ3) is 4.61. The highest BCUT2D eigenvalue weighted by Crippen LogP contribution is 2.68. The standard InChI is InChI=1S/C34H60N2O4/c1-9-26(38)36(30(3,4)5)20-23-19-21(2)27-28(40-23)29(39)34(35)22(11-10-15-32(27,34)8)12-13-24-31(6,7)25(37)14-16-33(24)17-18-33/h21-25,27-29,37,39H,9-20,35H2,1-8H3/t21-,22?,23?,24+,25?,27+,28-,29+,32?,34+/m1/s1. The largest absolute Gasteiger partial charge is 0.393 e. The molecule has 0 aromatic rings. The lowest BCUT2D eigenvalue weighted by molar-refractivity contribution is -0.159. The van der Waals surface area contributed by atoms with E-state index in [-0.39, 0.29) is 52.4 Å². The molecule has 4 N–H and O–H groups in total. The summed E-state index contributed by atoms with van der Waals surface area (Å²) in [6.07, 6.45) is 10.1. The minimum atomic E-state index is -0.706. The van der Waals surface area contributed by atoms with Crippen LogP contribution in [0.2, 0.25) is 0 Å². The molecule has 10 atom stereocenters. The van der Waals surface area contributed by atoms with Crippen LogP contribution in [0.3, 0.4) is 0 Å². The summed E-state index contributed by atoms with van der Waals surface area (Å²) in [4.78, 5) is 14.8. The average Bonchev–Trinajstić information content (AvgIpc) is 3.62. The minimum absolute atomic E-state index is 0.0730. The van der Waals surface area contributed by atoms with E-state index in [1.807, 2.05) is 11.8 Å². The van der Waals surface area contributed by atoms with Crippen LogP contribution in [0, 0.1) is 39.9 Å². The number of carbonyl (C=O) groups excluding carboxylic acids is 1. The SMILES string of the molecule is CCC(=O)N(CC1C[C@@H](C)[C@H]2[C@@H](O1)[C@H](O)[C@@]1(N)C(CC[C@@H]3C4(CCC(O)C3(C)C)CC4)CCCC21C)C(C)(C)C. The Morgan fingerprint density at radius 3 is 2.33 bits per heavy atom. The number of carbonyl (C=O) groups is 1. The number of rotatable bonds is 6. The van der Waals surface area contributed by atoms with Gasteiger partial charge in [-0.1, -0.05) is 41.0 Å². The lowest BCUT2D eigenvalue weighted by Gasteiger charge is -2.55. The smallest absolute Gasteiger partial charge is 0.222 e. The first-order chi connectivity index (χ1) is 18.5. The maximum absolute atomic E-state index is 12.9. The first kappa shape index (κ1) is 30.8. The second-order valence-electron chi connectivity index (χ2n) is 16.7. The molecule has 0 aromatic heterocycles. The first-order valence-corrected chi connectivity index (χ1v) is 16.6. The van der Waals surface area contributed by atoms with Gasteiger partial charge in [-0.15, -0.1) is 0 Å². The van der Waals surface area contributed by atoms with Crippen molar-refractivity contribution in [3.05, 3.63) is 0 Å².